The summed E-state index contributed by atoms with van der Waals surface area (Å²) in [4.78, 5) is 13.9. The third-order valence-electron chi connectivity index (χ3n) is 5.14. The van der Waals surface area contributed by atoms with Crippen molar-refractivity contribution in [3.05, 3.63) is 18.0 Å². The number of likely N-dealkylation sites (tertiary alicyclic amines) is 1. The van der Waals surface area contributed by atoms with Crippen molar-refractivity contribution in [3.63, 3.8) is 0 Å². The first kappa shape index (κ1) is 20.0. The van der Waals surface area contributed by atoms with E-state index in [9.17, 15) is 18.0 Å². The van der Waals surface area contributed by atoms with Gasteiger partial charge in [0.05, 0.1) is 12.0 Å². The molecule has 2 heterocycles. The van der Waals surface area contributed by atoms with Crippen LogP contribution in [0.25, 0.3) is 0 Å². The maximum absolute atomic E-state index is 12.9. The van der Waals surface area contributed by atoms with E-state index in [1.807, 2.05) is 4.68 Å². The van der Waals surface area contributed by atoms with Crippen LogP contribution in [0.2, 0.25) is 0 Å². The van der Waals surface area contributed by atoms with Gasteiger partial charge in [-0.05, 0) is 25.3 Å². The van der Waals surface area contributed by atoms with Crippen LogP contribution in [0.1, 0.15) is 55.1 Å². The van der Waals surface area contributed by atoms with Gasteiger partial charge in [-0.15, -0.1) is 12.4 Å². The van der Waals surface area contributed by atoms with E-state index in [0.717, 1.165) is 25.7 Å². The van der Waals surface area contributed by atoms with Crippen molar-refractivity contribution in [2.45, 2.75) is 56.8 Å². The Morgan fingerprint density at radius 1 is 1.20 bits per heavy atom. The summed E-state index contributed by atoms with van der Waals surface area (Å²) in [6.07, 6.45) is 2.99. The van der Waals surface area contributed by atoms with E-state index >= 15 is 0 Å². The van der Waals surface area contributed by atoms with Gasteiger partial charge in [-0.3, -0.25) is 9.48 Å². The number of hydrogen-bond donors (Lipinski definition) is 1. The average molecular weight is 381 g/mol. The molecular weight excluding hydrogens is 357 g/mol. The first-order valence-electron chi connectivity index (χ1n) is 8.53. The fourth-order valence-corrected chi connectivity index (χ4v) is 3.74. The molecule has 1 saturated carbocycles. The summed E-state index contributed by atoms with van der Waals surface area (Å²) in [7, 11) is 0. The van der Waals surface area contributed by atoms with Crippen LogP contribution in [-0.2, 0) is 0 Å². The third-order valence-corrected chi connectivity index (χ3v) is 5.14. The van der Waals surface area contributed by atoms with Crippen LogP contribution in [0.3, 0.4) is 0 Å². The lowest BCUT2D eigenvalue weighted by Crippen LogP contribution is -2.54. The van der Waals surface area contributed by atoms with E-state index in [-0.39, 0.29) is 37.8 Å². The minimum atomic E-state index is -4.31. The number of amides is 1. The smallest absolute Gasteiger partial charge is 0.336 e. The summed E-state index contributed by atoms with van der Waals surface area (Å²) in [6.45, 7) is -0.0215. The molecule has 142 valence electrons. The Hall–Kier alpha value is -1.28. The summed E-state index contributed by atoms with van der Waals surface area (Å²) < 4.78 is 40.4. The molecule has 1 aromatic heterocycles. The second-order valence-electron chi connectivity index (χ2n) is 6.82. The number of aromatic nitrogens is 2. The number of carbonyl (C=O) groups is 1. The Morgan fingerprint density at radius 3 is 2.48 bits per heavy atom. The number of alkyl halides is 3. The fourth-order valence-electron chi connectivity index (χ4n) is 3.74. The zero-order chi connectivity index (χ0) is 17.3. The number of piperidine rings is 1. The largest absolute Gasteiger partial charge is 0.393 e. The summed E-state index contributed by atoms with van der Waals surface area (Å²) in [5.41, 5.74) is 5.94. The molecule has 5 nitrogen and oxygen atoms in total. The van der Waals surface area contributed by atoms with Crippen LogP contribution < -0.4 is 5.73 Å². The molecule has 0 aromatic carbocycles. The van der Waals surface area contributed by atoms with Gasteiger partial charge in [0.15, 0.2) is 0 Å². The molecule has 1 aromatic rings. The molecule has 1 aliphatic heterocycles. The zero-order valence-electron chi connectivity index (χ0n) is 13.9. The van der Waals surface area contributed by atoms with Gasteiger partial charge in [-0.2, -0.15) is 18.3 Å². The fraction of sp³-hybridized carbons (Fsp3) is 0.750. The summed E-state index contributed by atoms with van der Waals surface area (Å²) >= 11 is 0. The Labute approximate surface area is 151 Å². The number of halogens is 4. The highest BCUT2D eigenvalue weighted by Crippen LogP contribution is 2.34. The van der Waals surface area contributed by atoms with E-state index in [1.54, 1.807) is 12.3 Å². The molecule has 9 heteroatoms. The zero-order valence-corrected chi connectivity index (χ0v) is 14.7. The van der Waals surface area contributed by atoms with Crippen molar-refractivity contribution in [2.75, 3.05) is 13.1 Å². The molecule has 2 fully saturated rings. The molecule has 2 aliphatic rings. The molecule has 2 N–H and O–H groups in total. The van der Waals surface area contributed by atoms with Crippen molar-refractivity contribution >= 4 is 18.3 Å². The molecule has 1 saturated heterocycles. The van der Waals surface area contributed by atoms with Crippen molar-refractivity contribution in [1.82, 2.24) is 14.7 Å². The van der Waals surface area contributed by atoms with Crippen LogP contribution in [0.5, 0.6) is 0 Å². The highest BCUT2D eigenvalue weighted by atomic mass is 35.5. The molecule has 0 bridgehead atoms. The minimum absolute atomic E-state index is 0. The predicted molar refractivity (Wildman–Crippen MR) is 89.6 cm³/mol. The lowest BCUT2D eigenvalue weighted by atomic mass is 9.91. The molecule has 25 heavy (non-hydrogen) atoms. The van der Waals surface area contributed by atoms with Crippen molar-refractivity contribution in [3.8, 4) is 0 Å². The standard InChI is InChI=1S/C16H23F3N4O.ClH/c17-16(18,19)12-6-8-22(10-13(12)20)15(24)14-7-9-23(21-14)11-4-2-1-3-5-11;/h7,9,11-13H,1-6,8,10,20H2;1H. The van der Waals surface area contributed by atoms with E-state index in [0.29, 0.717) is 11.7 Å². The summed E-state index contributed by atoms with van der Waals surface area (Å²) in [5.74, 6) is -1.87. The molecule has 0 radical (unpaired) electrons. The molecule has 3 rings (SSSR count). The topological polar surface area (TPSA) is 64.2 Å². The van der Waals surface area contributed by atoms with E-state index in [2.05, 4.69) is 5.10 Å². The monoisotopic (exact) mass is 380 g/mol. The van der Waals surface area contributed by atoms with E-state index in [1.165, 1.54) is 11.3 Å². The summed E-state index contributed by atoms with van der Waals surface area (Å²) in [5, 5.41) is 4.36. The normalized spacial score (nSPS) is 25.5. The van der Waals surface area contributed by atoms with E-state index < -0.39 is 18.1 Å². The molecular formula is C16H24ClF3N4O. The average Bonchev–Trinajstić information content (AvgIpc) is 3.03. The van der Waals surface area contributed by atoms with Gasteiger partial charge < -0.3 is 10.6 Å². The van der Waals surface area contributed by atoms with Crippen LogP contribution in [0.15, 0.2) is 12.3 Å². The molecule has 2 unspecified atom stereocenters. The van der Waals surface area contributed by atoms with Crippen LogP contribution in [0.4, 0.5) is 13.2 Å². The number of nitrogens with zero attached hydrogens (tertiary/aromatic N) is 3. The number of carbonyl (C=O) groups excluding carboxylic acids is 1. The first-order chi connectivity index (χ1) is 11.4. The minimum Gasteiger partial charge on any atom is -0.336 e. The van der Waals surface area contributed by atoms with Crippen molar-refractivity contribution in [2.24, 2.45) is 11.7 Å². The number of rotatable bonds is 2. The van der Waals surface area contributed by atoms with Crippen LogP contribution >= 0.6 is 12.4 Å². The maximum atomic E-state index is 12.9. The van der Waals surface area contributed by atoms with Crippen molar-refractivity contribution in [1.29, 1.82) is 0 Å². The molecule has 1 amide bonds. The predicted octanol–water partition coefficient (Wildman–Crippen LogP) is 3.16. The van der Waals surface area contributed by atoms with Gasteiger partial charge in [0.2, 0.25) is 0 Å². The van der Waals surface area contributed by atoms with Crippen molar-refractivity contribution < 1.29 is 18.0 Å². The van der Waals surface area contributed by atoms with Gasteiger partial charge in [0, 0.05) is 25.3 Å². The van der Waals surface area contributed by atoms with E-state index in [4.69, 9.17) is 5.73 Å². The maximum Gasteiger partial charge on any atom is 0.393 e. The quantitative estimate of drug-likeness (QED) is 0.857. The Bertz CT molecular complexity index is 586. The Kier molecular flexibility index (Phi) is 6.37. The Balaban J connectivity index is 0.00000225. The van der Waals surface area contributed by atoms with Crippen LogP contribution in [-0.4, -0.2) is 45.9 Å². The SMILES string of the molecule is Cl.NC1CN(C(=O)c2ccn(C3CCCCC3)n2)CCC1C(F)(F)F. The second kappa shape index (κ2) is 7.95. The van der Waals surface area contributed by atoms with Gasteiger partial charge in [-0.1, -0.05) is 19.3 Å². The third kappa shape index (κ3) is 4.47. The number of nitrogens with two attached hydrogens (primary N) is 1. The van der Waals surface area contributed by atoms with Crippen LogP contribution in [0, 0.1) is 5.92 Å². The van der Waals surface area contributed by atoms with Gasteiger partial charge in [0.1, 0.15) is 5.69 Å². The lowest BCUT2D eigenvalue weighted by molar-refractivity contribution is -0.188. The molecule has 2 atom stereocenters. The second-order valence-corrected chi connectivity index (χ2v) is 6.82. The molecule has 0 spiro atoms. The lowest BCUT2D eigenvalue weighted by Gasteiger charge is -2.37. The summed E-state index contributed by atoms with van der Waals surface area (Å²) in [6, 6.07) is 0.889. The number of hydrogen-bond acceptors (Lipinski definition) is 3. The first-order valence-corrected chi connectivity index (χ1v) is 8.53. The Morgan fingerprint density at radius 2 is 1.88 bits per heavy atom. The van der Waals surface area contributed by atoms with Gasteiger partial charge in [0.25, 0.3) is 5.91 Å². The molecule has 1 aliphatic carbocycles. The van der Waals surface area contributed by atoms with Gasteiger partial charge >= 0.3 is 6.18 Å². The highest BCUT2D eigenvalue weighted by molar-refractivity contribution is 5.92. The highest BCUT2D eigenvalue weighted by Gasteiger charge is 2.46. The van der Waals surface area contributed by atoms with Gasteiger partial charge in [-0.25, -0.2) is 0 Å².